The van der Waals surface area contributed by atoms with E-state index in [1.54, 1.807) is 28.9 Å². The smallest absolute Gasteiger partial charge is 0.336 e. The van der Waals surface area contributed by atoms with Gasteiger partial charge < -0.3 is 10.1 Å². The number of hydrogen-bond donors (Lipinski definition) is 1. The number of anilines is 1. The molecule has 0 atom stereocenters. The first-order chi connectivity index (χ1) is 16.6. The quantitative estimate of drug-likeness (QED) is 0.349. The van der Waals surface area contributed by atoms with Crippen LogP contribution in [0.25, 0.3) is 27.8 Å². The molecular formula is C27H21FN4O2. The molecule has 5 aromatic rings. The predicted molar refractivity (Wildman–Crippen MR) is 130 cm³/mol. The Hall–Kier alpha value is -4.52. The molecule has 0 fully saturated rings. The van der Waals surface area contributed by atoms with Crippen molar-refractivity contribution in [3.05, 3.63) is 102 Å². The zero-order chi connectivity index (χ0) is 23.5. The van der Waals surface area contributed by atoms with Gasteiger partial charge in [0, 0.05) is 16.8 Å². The van der Waals surface area contributed by atoms with Gasteiger partial charge in [-0.05, 0) is 60.2 Å². The highest BCUT2D eigenvalue weighted by atomic mass is 19.1. The molecular weight excluding hydrogens is 431 g/mol. The summed E-state index contributed by atoms with van der Waals surface area (Å²) in [5, 5.41) is 9.27. The summed E-state index contributed by atoms with van der Waals surface area (Å²) in [6.07, 6.45) is 0. The van der Waals surface area contributed by atoms with Crippen molar-refractivity contribution in [3.8, 4) is 23.1 Å². The van der Waals surface area contributed by atoms with E-state index in [-0.39, 0.29) is 17.7 Å². The lowest BCUT2D eigenvalue weighted by Crippen LogP contribution is -2.12. The molecule has 0 radical (unpaired) electrons. The van der Waals surface area contributed by atoms with Gasteiger partial charge in [0.05, 0.1) is 12.3 Å². The van der Waals surface area contributed by atoms with Crippen LogP contribution in [0.1, 0.15) is 17.3 Å². The molecule has 0 bridgehead atoms. The van der Waals surface area contributed by atoms with E-state index in [9.17, 15) is 9.18 Å². The second kappa shape index (κ2) is 9.15. The van der Waals surface area contributed by atoms with Crippen LogP contribution in [0.3, 0.4) is 0 Å². The standard InChI is InChI=1S/C27H21FN4O2/c1-2-34-27-30-25(19-9-5-10-20(28)17-19)32(31-27)22-15-13-21(14-16-22)29-26(33)24-12-6-8-18-7-3-4-11-23(18)24/h3-17H,2H2,1H3,(H,29,33). The molecule has 5 rings (SSSR count). The molecule has 0 spiro atoms. The highest BCUT2D eigenvalue weighted by Crippen LogP contribution is 2.25. The topological polar surface area (TPSA) is 69.0 Å². The second-order valence-corrected chi connectivity index (χ2v) is 7.60. The Labute approximate surface area is 195 Å². The number of benzene rings is 4. The zero-order valence-corrected chi connectivity index (χ0v) is 18.4. The van der Waals surface area contributed by atoms with Gasteiger partial charge in [-0.15, -0.1) is 5.10 Å². The summed E-state index contributed by atoms with van der Waals surface area (Å²) in [7, 11) is 0. The third-order valence-electron chi connectivity index (χ3n) is 5.35. The normalized spacial score (nSPS) is 10.9. The first-order valence-electron chi connectivity index (χ1n) is 10.9. The first kappa shape index (κ1) is 21.3. The molecule has 0 aliphatic carbocycles. The lowest BCUT2D eigenvalue weighted by Gasteiger charge is -2.10. The Morgan fingerprint density at radius 2 is 1.74 bits per heavy atom. The zero-order valence-electron chi connectivity index (χ0n) is 18.4. The maximum Gasteiger partial charge on any atom is 0.336 e. The molecule has 1 aromatic heterocycles. The molecule has 1 amide bonds. The van der Waals surface area contributed by atoms with E-state index < -0.39 is 0 Å². The van der Waals surface area contributed by atoms with Crippen molar-refractivity contribution in [2.24, 2.45) is 0 Å². The van der Waals surface area contributed by atoms with Gasteiger partial charge in [0.25, 0.3) is 5.91 Å². The Morgan fingerprint density at radius 3 is 2.53 bits per heavy atom. The molecule has 0 saturated carbocycles. The summed E-state index contributed by atoms with van der Waals surface area (Å²) in [4.78, 5) is 17.4. The molecule has 1 heterocycles. The maximum absolute atomic E-state index is 13.8. The SMILES string of the molecule is CCOc1nc(-c2cccc(F)c2)n(-c2ccc(NC(=O)c3cccc4ccccc34)cc2)n1. The number of rotatable bonds is 6. The van der Waals surface area contributed by atoms with Gasteiger partial charge in [-0.1, -0.05) is 48.5 Å². The number of carbonyl (C=O) groups excluding carboxylic acids is 1. The van der Waals surface area contributed by atoms with Crippen LogP contribution in [0.15, 0.2) is 91.0 Å². The van der Waals surface area contributed by atoms with E-state index in [0.29, 0.717) is 34.9 Å². The van der Waals surface area contributed by atoms with E-state index in [2.05, 4.69) is 15.4 Å². The number of carbonyl (C=O) groups is 1. The molecule has 1 N–H and O–H groups in total. The lowest BCUT2D eigenvalue weighted by molar-refractivity contribution is 0.102. The Bertz CT molecular complexity index is 1470. The summed E-state index contributed by atoms with van der Waals surface area (Å²) >= 11 is 0. The molecule has 168 valence electrons. The summed E-state index contributed by atoms with van der Waals surface area (Å²) in [5.74, 6) is -0.101. The number of fused-ring (bicyclic) bond motifs is 1. The number of amides is 1. The Balaban J connectivity index is 1.44. The van der Waals surface area contributed by atoms with Gasteiger partial charge in [0.1, 0.15) is 5.82 Å². The molecule has 4 aromatic carbocycles. The van der Waals surface area contributed by atoms with Crippen LogP contribution >= 0.6 is 0 Å². The van der Waals surface area contributed by atoms with Crippen LogP contribution in [0.5, 0.6) is 6.01 Å². The summed E-state index contributed by atoms with van der Waals surface area (Å²) in [6, 6.07) is 27.0. The minimum Gasteiger partial charge on any atom is -0.463 e. The van der Waals surface area contributed by atoms with E-state index in [1.165, 1.54) is 12.1 Å². The van der Waals surface area contributed by atoms with Gasteiger partial charge in [-0.2, -0.15) is 4.98 Å². The number of ether oxygens (including phenoxy) is 1. The van der Waals surface area contributed by atoms with Crippen molar-refractivity contribution in [3.63, 3.8) is 0 Å². The van der Waals surface area contributed by atoms with Crippen molar-refractivity contribution >= 4 is 22.4 Å². The van der Waals surface area contributed by atoms with Crippen molar-refractivity contribution in [1.29, 1.82) is 0 Å². The van der Waals surface area contributed by atoms with Gasteiger partial charge >= 0.3 is 6.01 Å². The number of aromatic nitrogens is 3. The molecule has 0 saturated heterocycles. The van der Waals surface area contributed by atoms with Crippen molar-refractivity contribution < 1.29 is 13.9 Å². The average molecular weight is 452 g/mol. The molecule has 0 aliphatic heterocycles. The number of hydrogen-bond acceptors (Lipinski definition) is 4. The number of nitrogens with one attached hydrogen (secondary N) is 1. The van der Waals surface area contributed by atoms with Crippen LogP contribution in [0.4, 0.5) is 10.1 Å². The lowest BCUT2D eigenvalue weighted by atomic mass is 10.0. The third kappa shape index (κ3) is 4.23. The van der Waals surface area contributed by atoms with Crippen LogP contribution < -0.4 is 10.1 Å². The molecule has 0 unspecified atom stereocenters. The van der Waals surface area contributed by atoms with Crippen molar-refractivity contribution in [2.45, 2.75) is 6.92 Å². The first-order valence-corrected chi connectivity index (χ1v) is 10.9. The minimum absolute atomic E-state index is 0.190. The fourth-order valence-corrected chi connectivity index (χ4v) is 3.79. The summed E-state index contributed by atoms with van der Waals surface area (Å²) in [6.45, 7) is 2.25. The van der Waals surface area contributed by atoms with Crippen LogP contribution in [-0.2, 0) is 0 Å². The van der Waals surface area contributed by atoms with Gasteiger partial charge in [0.15, 0.2) is 5.82 Å². The van der Waals surface area contributed by atoms with E-state index in [4.69, 9.17) is 4.74 Å². The van der Waals surface area contributed by atoms with Crippen molar-refractivity contribution in [2.75, 3.05) is 11.9 Å². The fourth-order valence-electron chi connectivity index (χ4n) is 3.79. The van der Waals surface area contributed by atoms with Crippen LogP contribution in [0, 0.1) is 5.82 Å². The van der Waals surface area contributed by atoms with Gasteiger partial charge in [0.2, 0.25) is 0 Å². The summed E-state index contributed by atoms with van der Waals surface area (Å²) < 4.78 is 20.9. The minimum atomic E-state index is -0.364. The third-order valence-corrected chi connectivity index (χ3v) is 5.35. The fraction of sp³-hybridized carbons (Fsp3) is 0.0741. The van der Waals surface area contributed by atoms with E-state index >= 15 is 0 Å². The Morgan fingerprint density at radius 1 is 0.971 bits per heavy atom. The Kier molecular flexibility index (Phi) is 5.74. The van der Waals surface area contributed by atoms with Crippen LogP contribution in [0.2, 0.25) is 0 Å². The second-order valence-electron chi connectivity index (χ2n) is 7.60. The summed E-state index contributed by atoms with van der Waals surface area (Å²) in [5.41, 5.74) is 2.51. The van der Waals surface area contributed by atoms with Crippen molar-refractivity contribution in [1.82, 2.24) is 14.8 Å². The van der Waals surface area contributed by atoms with Crippen LogP contribution in [-0.4, -0.2) is 27.3 Å². The van der Waals surface area contributed by atoms with Gasteiger partial charge in [-0.3, -0.25) is 4.79 Å². The average Bonchev–Trinajstić information content (AvgIpc) is 3.28. The molecule has 0 aliphatic rings. The molecule has 6 nitrogen and oxygen atoms in total. The highest BCUT2D eigenvalue weighted by molar-refractivity contribution is 6.12. The number of halogens is 1. The largest absolute Gasteiger partial charge is 0.463 e. The monoisotopic (exact) mass is 452 g/mol. The molecule has 34 heavy (non-hydrogen) atoms. The highest BCUT2D eigenvalue weighted by Gasteiger charge is 2.16. The van der Waals surface area contributed by atoms with Gasteiger partial charge in [-0.25, -0.2) is 9.07 Å². The number of nitrogens with zero attached hydrogens (tertiary/aromatic N) is 3. The van der Waals surface area contributed by atoms with E-state index in [0.717, 1.165) is 10.8 Å². The predicted octanol–water partition coefficient (Wildman–Crippen LogP) is 5.88. The maximum atomic E-state index is 13.8. The molecule has 7 heteroatoms. The van der Waals surface area contributed by atoms with E-state index in [1.807, 2.05) is 61.5 Å².